The van der Waals surface area contributed by atoms with Crippen LogP contribution in [0.15, 0.2) is 18.2 Å². The Hall–Kier alpha value is -0.930. The topological polar surface area (TPSA) is 29.5 Å². The summed E-state index contributed by atoms with van der Waals surface area (Å²) in [5.41, 5.74) is 0.878. The number of carbonyl (C=O) groups is 1. The van der Waals surface area contributed by atoms with E-state index in [1.54, 1.807) is 13.0 Å². The fourth-order valence-corrected chi connectivity index (χ4v) is 2.38. The van der Waals surface area contributed by atoms with E-state index < -0.39 is 0 Å². The summed E-state index contributed by atoms with van der Waals surface area (Å²) >= 11 is 12.0. The number of carbonyl (C=O) groups excluding carboxylic acids is 1. The number of rotatable bonds is 5. The van der Waals surface area contributed by atoms with Crippen LogP contribution in [0.3, 0.4) is 0 Å². The Bertz CT molecular complexity index is 426. The van der Waals surface area contributed by atoms with Crippen molar-refractivity contribution in [3.05, 3.63) is 28.2 Å². The van der Waals surface area contributed by atoms with Gasteiger partial charge in [0.05, 0.1) is 6.61 Å². The van der Waals surface area contributed by atoms with Crippen LogP contribution in [-0.4, -0.2) is 25.2 Å². The van der Waals surface area contributed by atoms with Gasteiger partial charge in [-0.05, 0) is 38.0 Å². The molecular weight excluding hydrogens is 273 g/mol. The molecule has 3 nitrogen and oxygen atoms in total. The summed E-state index contributed by atoms with van der Waals surface area (Å²) < 4.78 is 4.99. The van der Waals surface area contributed by atoms with Crippen LogP contribution in [0.4, 0.5) is 5.69 Å². The molecule has 1 aromatic rings. The average molecular weight is 288 g/mol. The number of anilines is 1. The van der Waals surface area contributed by atoms with E-state index in [0.717, 1.165) is 18.5 Å². The van der Waals surface area contributed by atoms with Crippen LogP contribution in [0.2, 0.25) is 10.0 Å². The monoisotopic (exact) mass is 287 g/mol. The number of esters is 1. The summed E-state index contributed by atoms with van der Waals surface area (Å²) in [5.74, 6) is -0.222. The summed E-state index contributed by atoms with van der Waals surface area (Å²) in [6.45, 7) is 2.44. The van der Waals surface area contributed by atoms with E-state index >= 15 is 0 Å². The summed E-state index contributed by atoms with van der Waals surface area (Å²) in [6.07, 6.45) is 2.17. The molecule has 0 unspecified atom stereocenters. The molecule has 2 rings (SSSR count). The standard InChI is InChI=1S/C13H15Cl2NO2/c1-2-18-13(17)8-16(11-3-4-11)12-6-9(14)5-10(15)7-12/h5-7,11H,2-4,8H2,1H3. The lowest BCUT2D eigenvalue weighted by Gasteiger charge is -2.24. The Morgan fingerprint density at radius 2 is 1.94 bits per heavy atom. The van der Waals surface area contributed by atoms with Gasteiger partial charge in [0.25, 0.3) is 0 Å². The maximum atomic E-state index is 11.6. The molecule has 0 bridgehead atoms. The minimum absolute atomic E-state index is 0.222. The first-order valence-electron chi connectivity index (χ1n) is 5.98. The third kappa shape index (κ3) is 3.53. The minimum atomic E-state index is -0.222. The van der Waals surface area contributed by atoms with Gasteiger partial charge in [0.1, 0.15) is 6.54 Å². The molecule has 0 aliphatic heterocycles. The molecule has 0 N–H and O–H groups in total. The van der Waals surface area contributed by atoms with Crippen molar-refractivity contribution in [1.29, 1.82) is 0 Å². The highest BCUT2D eigenvalue weighted by Crippen LogP contribution is 2.34. The zero-order valence-electron chi connectivity index (χ0n) is 10.2. The van der Waals surface area contributed by atoms with Crippen molar-refractivity contribution in [2.24, 2.45) is 0 Å². The maximum Gasteiger partial charge on any atom is 0.325 e. The number of benzene rings is 1. The van der Waals surface area contributed by atoms with Crippen LogP contribution in [0.1, 0.15) is 19.8 Å². The lowest BCUT2D eigenvalue weighted by Crippen LogP contribution is -2.32. The van der Waals surface area contributed by atoms with E-state index in [-0.39, 0.29) is 12.5 Å². The number of ether oxygens (including phenoxy) is 1. The third-order valence-electron chi connectivity index (χ3n) is 2.77. The summed E-state index contributed by atoms with van der Waals surface area (Å²) in [4.78, 5) is 13.6. The van der Waals surface area contributed by atoms with E-state index in [2.05, 4.69) is 0 Å². The molecule has 1 aliphatic carbocycles. The van der Waals surface area contributed by atoms with Gasteiger partial charge in [-0.3, -0.25) is 4.79 Å². The first-order chi connectivity index (χ1) is 8.60. The maximum absolute atomic E-state index is 11.6. The van der Waals surface area contributed by atoms with Crippen molar-refractivity contribution >= 4 is 34.9 Å². The van der Waals surface area contributed by atoms with Gasteiger partial charge in [-0.25, -0.2) is 0 Å². The summed E-state index contributed by atoms with van der Waals surface area (Å²) in [6, 6.07) is 5.72. The normalized spacial score (nSPS) is 14.4. The Labute approximate surface area is 117 Å². The molecule has 5 heteroatoms. The van der Waals surface area contributed by atoms with Crippen LogP contribution >= 0.6 is 23.2 Å². The van der Waals surface area contributed by atoms with E-state index in [0.29, 0.717) is 22.7 Å². The molecule has 0 amide bonds. The van der Waals surface area contributed by atoms with Crippen molar-refractivity contribution in [2.75, 3.05) is 18.1 Å². The molecule has 0 aromatic heterocycles. The lowest BCUT2D eigenvalue weighted by atomic mass is 10.2. The Kier molecular flexibility index (Phi) is 4.36. The first-order valence-corrected chi connectivity index (χ1v) is 6.74. The molecule has 1 aliphatic rings. The van der Waals surface area contributed by atoms with Crippen LogP contribution < -0.4 is 4.90 Å². The van der Waals surface area contributed by atoms with Crippen molar-refractivity contribution < 1.29 is 9.53 Å². The van der Waals surface area contributed by atoms with Gasteiger partial charge in [0.15, 0.2) is 0 Å². The van der Waals surface area contributed by atoms with Gasteiger partial charge in [0, 0.05) is 21.8 Å². The van der Waals surface area contributed by atoms with Gasteiger partial charge in [-0.2, -0.15) is 0 Å². The second-order valence-electron chi connectivity index (χ2n) is 4.29. The van der Waals surface area contributed by atoms with Gasteiger partial charge < -0.3 is 9.64 Å². The van der Waals surface area contributed by atoms with E-state index in [4.69, 9.17) is 27.9 Å². The predicted molar refractivity (Wildman–Crippen MR) is 73.5 cm³/mol. The van der Waals surface area contributed by atoms with E-state index in [1.807, 2.05) is 17.0 Å². The van der Waals surface area contributed by atoms with Crippen molar-refractivity contribution in [2.45, 2.75) is 25.8 Å². The van der Waals surface area contributed by atoms with E-state index in [1.165, 1.54) is 0 Å². The highest BCUT2D eigenvalue weighted by atomic mass is 35.5. The van der Waals surface area contributed by atoms with Crippen molar-refractivity contribution in [1.82, 2.24) is 0 Å². The number of nitrogens with zero attached hydrogens (tertiary/aromatic N) is 1. The van der Waals surface area contributed by atoms with Gasteiger partial charge in [-0.15, -0.1) is 0 Å². The van der Waals surface area contributed by atoms with Crippen molar-refractivity contribution in [3.8, 4) is 0 Å². The average Bonchev–Trinajstić information content (AvgIpc) is 3.08. The zero-order valence-corrected chi connectivity index (χ0v) is 11.7. The largest absolute Gasteiger partial charge is 0.465 e. The smallest absolute Gasteiger partial charge is 0.325 e. The van der Waals surface area contributed by atoms with Crippen molar-refractivity contribution in [3.63, 3.8) is 0 Å². The molecule has 0 spiro atoms. The molecule has 1 aromatic carbocycles. The molecule has 0 heterocycles. The fourth-order valence-electron chi connectivity index (χ4n) is 1.87. The molecule has 1 fully saturated rings. The molecule has 1 saturated carbocycles. The second kappa shape index (κ2) is 5.81. The molecular formula is C13H15Cl2NO2. The van der Waals surface area contributed by atoms with Crippen LogP contribution in [0.25, 0.3) is 0 Å². The minimum Gasteiger partial charge on any atom is -0.465 e. The number of halogens is 2. The second-order valence-corrected chi connectivity index (χ2v) is 5.16. The first kappa shape index (κ1) is 13.5. The van der Waals surface area contributed by atoms with Gasteiger partial charge >= 0.3 is 5.97 Å². The molecule has 98 valence electrons. The Morgan fingerprint density at radius 3 is 2.44 bits per heavy atom. The quantitative estimate of drug-likeness (QED) is 0.776. The lowest BCUT2D eigenvalue weighted by molar-refractivity contribution is -0.141. The number of hydrogen-bond acceptors (Lipinski definition) is 3. The predicted octanol–water partition coefficient (Wildman–Crippen LogP) is 3.53. The zero-order chi connectivity index (χ0) is 13.1. The highest BCUT2D eigenvalue weighted by molar-refractivity contribution is 6.35. The Balaban J connectivity index is 2.16. The molecule has 0 radical (unpaired) electrons. The number of hydrogen-bond donors (Lipinski definition) is 0. The van der Waals surface area contributed by atoms with Gasteiger partial charge in [-0.1, -0.05) is 23.2 Å². The van der Waals surface area contributed by atoms with E-state index in [9.17, 15) is 4.79 Å². The molecule has 18 heavy (non-hydrogen) atoms. The third-order valence-corrected chi connectivity index (χ3v) is 3.21. The van der Waals surface area contributed by atoms with Crippen LogP contribution in [-0.2, 0) is 9.53 Å². The Morgan fingerprint density at radius 1 is 1.33 bits per heavy atom. The van der Waals surface area contributed by atoms with Gasteiger partial charge in [0.2, 0.25) is 0 Å². The van der Waals surface area contributed by atoms with Crippen LogP contribution in [0.5, 0.6) is 0 Å². The summed E-state index contributed by atoms with van der Waals surface area (Å²) in [5, 5.41) is 1.15. The SMILES string of the molecule is CCOC(=O)CN(c1cc(Cl)cc(Cl)c1)C1CC1. The fraction of sp³-hybridized carbons (Fsp3) is 0.462. The highest BCUT2D eigenvalue weighted by Gasteiger charge is 2.31. The van der Waals surface area contributed by atoms with Crippen LogP contribution in [0, 0.1) is 0 Å². The molecule has 0 saturated heterocycles. The summed E-state index contributed by atoms with van der Waals surface area (Å²) in [7, 11) is 0. The molecule has 0 atom stereocenters.